The van der Waals surface area contributed by atoms with Gasteiger partial charge in [-0.25, -0.2) is 4.98 Å². The third-order valence-corrected chi connectivity index (χ3v) is 5.91. The van der Waals surface area contributed by atoms with Gasteiger partial charge in [-0.3, -0.25) is 14.5 Å². The van der Waals surface area contributed by atoms with E-state index in [2.05, 4.69) is 10.3 Å². The molecule has 0 radical (unpaired) electrons. The number of anilines is 3. The minimum atomic E-state index is -0.306. The van der Waals surface area contributed by atoms with Crippen molar-refractivity contribution in [3.63, 3.8) is 0 Å². The highest BCUT2D eigenvalue weighted by atomic mass is 32.1. The van der Waals surface area contributed by atoms with Crippen molar-refractivity contribution in [3.8, 4) is 5.75 Å². The molecular weight excluding hydrogens is 458 g/mol. The van der Waals surface area contributed by atoms with E-state index >= 15 is 0 Å². The van der Waals surface area contributed by atoms with E-state index in [0.29, 0.717) is 28.9 Å². The van der Waals surface area contributed by atoms with E-state index < -0.39 is 0 Å². The number of hydrogen-bond donors (Lipinski definition) is 1. The number of aryl methyl sites for hydroxylation is 1. The van der Waals surface area contributed by atoms with Crippen molar-refractivity contribution in [1.82, 2.24) is 4.98 Å². The molecule has 1 heterocycles. The lowest BCUT2D eigenvalue weighted by Crippen LogP contribution is -2.22. The minimum absolute atomic E-state index is 0.138. The highest BCUT2D eigenvalue weighted by Gasteiger charge is 2.17. The predicted molar refractivity (Wildman–Crippen MR) is 141 cm³/mol. The summed E-state index contributed by atoms with van der Waals surface area (Å²) in [5, 5.41) is 5.22. The minimum Gasteiger partial charge on any atom is -0.487 e. The number of carbonyl (C=O) groups is 2. The van der Waals surface area contributed by atoms with E-state index in [1.807, 2.05) is 85.8 Å². The Morgan fingerprint density at radius 2 is 1.74 bits per heavy atom. The van der Waals surface area contributed by atoms with Crippen molar-refractivity contribution in [2.24, 2.45) is 0 Å². The maximum atomic E-state index is 12.6. The van der Waals surface area contributed by atoms with Crippen molar-refractivity contribution in [3.05, 3.63) is 107 Å². The number of nitrogens with zero attached hydrogens (tertiary/aromatic N) is 2. The Balaban J connectivity index is 1.44. The van der Waals surface area contributed by atoms with Crippen LogP contribution in [0.15, 0.2) is 90.3 Å². The molecule has 0 aliphatic heterocycles. The van der Waals surface area contributed by atoms with Crippen molar-refractivity contribution < 1.29 is 14.3 Å². The van der Waals surface area contributed by atoms with E-state index in [1.54, 1.807) is 16.4 Å². The molecule has 1 N–H and O–H groups in total. The molecule has 0 spiro atoms. The molecule has 0 saturated carbocycles. The number of carbonyl (C=O) groups excluding carboxylic acids is 2. The summed E-state index contributed by atoms with van der Waals surface area (Å²) in [4.78, 5) is 30.9. The van der Waals surface area contributed by atoms with Gasteiger partial charge in [-0.2, -0.15) is 0 Å². The lowest BCUT2D eigenvalue weighted by molar-refractivity contribution is -0.116. The van der Waals surface area contributed by atoms with Crippen molar-refractivity contribution in [2.45, 2.75) is 20.5 Å². The summed E-state index contributed by atoms with van der Waals surface area (Å²) >= 11 is 1.34. The van der Waals surface area contributed by atoms with Crippen LogP contribution < -0.4 is 15.0 Å². The van der Waals surface area contributed by atoms with Gasteiger partial charge in [0.05, 0.1) is 17.1 Å². The number of nitrogens with one attached hydrogen (secondary N) is 1. The number of para-hydroxylation sites is 1. The Bertz CT molecular complexity index is 1330. The Morgan fingerprint density at radius 1 is 1.03 bits per heavy atom. The zero-order valence-electron chi connectivity index (χ0n) is 19.5. The largest absolute Gasteiger partial charge is 0.487 e. The van der Waals surface area contributed by atoms with Gasteiger partial charge in [-0.15, -0.1) is 11.3 Å². The second-order valence-electron chi connectivity index (χ2n) is 7.84. The second-order valence-corrected chi connectivity index (χ2v) is 8.68. The monoisotopic (exact) mass is 483 g/mol. The highest BCUT2D eigenvalue weighted by molar-refractivity contribution is 7.14. The molecule has 4 rings (SSSR count). The van der Waals surface area contributed by atoms with Gasteiger partial charge >= 0.3 is 0 Å². The third-order valence-electron chi connectivity index (χ3n) is 5.07. The van der Waals surface area contributed by atoms with E-state index in [1.165, 1.54) is 24.3 Å². The smallest absolute Gasteiger partial charge is 0.248 e. The SMILES string of the molecule is CC(=O)N(c1ccccc1)c1nc(/C=C/C(=O)Nc2ccc(C)cc2OCc2ccccc2)cs1. The first-order valence-electron chi connectivity index (χ1n) is 11.1. The van der Waals surface area contributed by atoms with Crippen LogP contribution in [0.3, 0.4) is 0 Å². The molecule has 0 fully saturated rings. The van der Waals surface area contributed by atoms with Gasteiger partial charge in [0.1, 0.15) is 12.4 Å². The third kappa shape index (κ3) is 6.43. The molecule has 0 unspecified atom stereocenters. The molecule has 176 valence electrons. The molecular formula is C28H25N3O3S. The normalized spacial score (nSPS) is 10.8. The molecule has 0 saturated heterocycles. The van der Waals surface area contributed by atoms with Crippen LogP contribution in [0.1, 0.15) is 23.7 Å². The summed E-state index contributed by atoms with van der Waals surface area (Å²) in [6.07, 6.45) is 3.04. The van der Waals surface area contributed by atoms with Crippen LogP contribution in [-0.2, 0) is 16.2 Å². The number of aromatic nitrogens is 1. The quantitative estimate of drug-likeness (QED) is 0.296. The zero-order chi connectivity index (χ0) is 24.6. The number of benzene rings is 3. The predicted octanol–water partition coefficient (Wildman–Crippen LogP) is 6.37. The molecule has 0 aliphatic carbocycles. The Kier molecular flexibility index (Phi) is 7.70. The topological polar surface area (TPSA) is 71.5 Å². The molecule has 2 amide bonds. The van der Waals surface area contributed by atoms with Crippen LogP contribution in [0, 0.1) is 6.92 Å². The fourth-order valence-electron chi connectivity index (χ4n) is 3.38. The summed E-state index contributed by atoms with van der Waals surface area (Å²) in [6.45, 7) is 3.87. The Labute approximate surface area is 208 Å². The van der Waals surface area contributed by atoms with Gasteiger partial charge < -0.3 is 10.1 Å². The molecule has 35 heavy (non-hydrogen) atoms. The molecule has 0 bridgehead atoms. The molecule has 6 nitrogen and oxygen atoms in total. The number of rotatable bonds is 8. The van der Waals surface area contributed by atoms with Crippen LogP contribution in [-0.4, -0.2) is 16.8 Å². The molecule has 3 aromatic carbocycles. The zero-order valence-corrected chi connectivity index (χ0v) is 20.3. The lowest BCUT2D eigenvalue weighted by atomic mass is 10.2. The van der Waals surface area contributed by atoms with Crippen LogP contribution in [0.2, 0.25) is 0 Å². The van der Waals surface area contributed by atoms with E-state index in [4.69, 9.17) is 4.74 Å². The van der Waals surface area contributed by atoms with E-state index in [9.17, 15) is 9.59 Å². The fraction of sp³-hybridized carbons (Fsp3) is 0.107. The van der Waals surface area contributed by atoms with Crippen LogP contribution in [0.5, 0.6) is 5.75 Å². The van der Waals surface area contributed by atoms with E-state index in [-0.39, 0.29) is 11.8 Å². The molecule has 7 heteroatoms. The molecule has 0 atom stereocenters. The first-order valence-corrected chi connectivity index (χ1v) is 12.0. The van der Waals surface area contributed by atoms with Gasteiger partial charge in [-0.1, -0.05) is 54.6 Å². The first kappa shape index (κ1) is 23.9. The van der Waals surface area contributed by atoms with Gasteiger partial charge in [0.2, 0.25) is 11.8 Å². The Hall–Kier alpha value is -4.23. The number of ether oxygens (including phenoxy) is 1. The fourth-order valence-corrected chi connectivity index (χ4v) is 4.24. The lowest BCUT2D eigenvalue weighted by Gasteiger charge is -2.17. The Morgan fingerprint density at radius 3 is 2.46 bits per heavy atom. The van der Waals surface area contributed by atoms with Gasteiger partial charge in [0.25, 0.3) is 0 Å². The number of hydrogen-bond acceptors (Lipinski definition) is 5. The summed E-state index contributed by atoms with van der Waals surface area (Å²) in [5.41, 5.74) is 3.99. The summed E-state index contributed by atoms with van der Waals surface area (Å²) < 4.78 is 5.97. The number of thiazole rings is 1. The average Bonchev–Trinajstić information content (AvgIpc) is 3.32. The van der Waals surface area contributed by atoms with E-state index in [0.717, 1.165) is 16.8 Å². The van der Waals surface area contributed by atoms with Crippen molar-refractivity contribution in [2.75, 3.05) is 10.2 Å². The summed E-state index contributed by atoms with van der Waals surface area (Å²) in [5.74, 6) is 0.159. The highest BCUT2D eigenvalue weighted by Crippen LogP contribution is 2.29. The maximum absolute atomic E-state index is 12.6. The van der Waals surface area contributed by atoms with Crippen LogP contribution in [0.25, 0.3) is 6.08 Å². The maximum Gasteiger partial charge on any atom is 0.248 e. The summed E-state index contributed by atoms with van der Waals surface area (Å²) in [7, 11) is 0. The molecule has 1 aromatic heterocycles. The standard InChI is InChI=1S/C28H25N3O3S/c1-20-13-15-25(26(17-20)34-18-22-9-5-3-6-10-22)30-27(33)16-14-23-19-35-28(29-23)31(21(2)32)24-11-7-4-8-12-24/h3-17,19H,18H2,1-2H3,(H,30,33)/b16-14+. The van der Waals surface area contributed by atoms with Gasteiger partial charge in [-0.05, 0) is 48.4 Å². The van der Waals surface area contributed by atoms with Crippen molar-refractivity contribution >= 4 is 45.7 Å². The average molecular weight is 484 g/mol. The van der Waals surface area contributed by atoms with Crippen LogP contribution in [0.4, 0.5) is 16.5 Å². The number of amides is 2. The summed E-state index contributed by atoms with van der Waals surface area (Å²) in [6, 6.07) is 24.8. The molecule has 0 aliphatic rings. The second kappa shape index (κ2) is 11.3. The first-order chi connectivity index (χ1) is 17.0. The van der Waals surface area contributed by atoms with Crippen LogP contribution >= 0.6 is 11.3 Å². The van der Waals surface area contributed by atoms with Crippen molar-refractivity contribution in [1.29, 1.82) is 0 Å². The van der Waals surface area contributed by atoms with Gasteiger partial charge in [0.15, 0.2) is 5.13 Å². The molecule has 4 aromatic rings. The van der Waals surface area contributed by atoms with Gasteiger partial charge in [0, 0.05) is 18.4 Å².